The van der Waals surface area contributed by atoms with Crippen LogP contribution in [0.3, 0.4) is 0 Å². The molecule has 146 valence electrons. The fraction of sp³-hybridized carbons (Fsp3) is 0.222. The number of nitrogens with one attached hydrogen (secondary N) is 1. The van der Waals surface area contributed by atoms with E-state index in [1.165, 1.54) is 11.8 Å². The maximum absolute atomic E-state index is 12.1. The van der Waals surface area contributed by atoms with Crippen molar-refractivity contribution in [1.82, 2.24) is 19.7 Å². The molecular formula is C18H17BrClN5O2S. The first kappa shape index (κ1) is 20.6. The first-order valence-electron chi connectivity index (χ1n) is 8.40. The Balaban J connectivity index is 1.58. The average molecular weight is 483 g/mol. The first-order valence-corrected chi connectivity index (χ1v) is 10.6. The molecule has 0 saturated carbocycles. The van der Waals surface area contributed by atoms with Crippen LogP contribution < -0.4 is 10.1 Å². The largest absolute Gasteiger partial charge is 0.484 e. The molecule has 0 bridgehead atoms. The van der Waals surface area contributed by atoms with Crippen LogP contribution in [0.1, 0.15) is 12.7 Å². The Bertz CT molecular complexity index is 951. The van der Waals surface area contributed by atoms with Gasteiger partial charge in [0.15, 0.2) is 11.0 Å². The minimum absolute atomic E-state index is 0.167. The second kappa shape index (κ2) is 9.90. The van der Waals surface area contributed by atoms with Crippen molar-refractivity contribution in [3.63, 3.8) is 0 Å². The molecule has 0 unspecified atom stereocenters. The van der Waals surface area contributed by atoms with E-state index in [1.54, 1.807) is 24.4 Å². The highest BCUT2D eigenvalue weighted by atomic mass is 79.9. The van der Waals surface area contributed by atoms with Crippen LogP contribution in [0.2, 0.25) is 5.02 Å². The Morgan fingerprint density at radius 1 is 1.29 bits per heavy atom. The molecule has 0 fully saturated rings. The molecule has 2 aromatic heterocycles. The first-order chi connectivity index (χ1) is 13.6. The summed E-state index contributed by atoms with van der Waals surface area (Å²) in [5.41, 5.74) is 0. The monoisotopic (exact) mass is 481 g/mol. The van der Waals surface area contributed by atoms with Crippen molar-refractivity contribution in [2.75, 3.05) is 11.1 Å². The number of carbonyl (C=O) groups is 1. The van der Waals surface area contributed by atoms with Crippen LogP contribution in [0.25, 0.3) is 0 Å². The van der Waals surface area contributed by atoms with Gasteiger partial charge in [0.05, 0.1) is 10.8 Å². The van der Waals surface area contributed by atoms with E-state index in [4.69, 9.17) is 16.3 Å². The highest BCUT2D eigenvalue weighted by Crippen LogP contribution is 2.24. The third-order valence-electron chi connectivity index (χ3n) is 3.63. The highest BCUT2D eigenvalue weighted by molar-refractivity contribution is 9.10. The lowest BCUT2D eigenvalue weighted by atomic mass is 10.3. The molecule has 0 atom stereocenters. The van der Waals surface area contributed by atoms with Crippen molar-refractivity contribution in [1.29, 1.82) is 0 Å². The summed E-state index contributed by atoms with van der Waals surface area (Å²) < 4.78 is 8.50. The van der Waals surface area contributed by atoms with Gasteiger partial charge in [0, 0.05) is 17.2 Å². The quantitative estimate of drug-likeness (QED) is 0.479. The molecule has 28 heavy (non-hydrogen) atoms. The Morgan fingerprint density at radius 3 is 2.82 bits per heavy atom. The van der Waals surface area contributed by atoms with Gasteiger partial charge in [0.1, 0.15) is 18.2 Å². The summed E-state index contributed by atoms with van der Waals surface area (Å²) in [5, 5.41) is 12.3. The number of halogens is 2. The summed E-state index contributed by atoms with van der Waals surface area (Å²) in [6.45, 7) is 2.88. The third kappa shape index (κ3) is 5.46. The van der Waals surface area contributed by atoms with Crippen LogP contribution in [0.4, 0.5) is 5.82 Å². The number of para-hydroxylation sites is 1. The van der Waals surface area contributed by atoms with E-state index in [-0.39, 0.29) is 18.3 Å². The molecule has 7 nitrogen and oxygen atoms in total. The van der Waals surface area contributed by atoms with Gasteiger partial charge in [-0.1, -0.05) is 35.5 Å². The Kier molecular flexibility index (Phi) is 7.30. The Hall–Kier alpha value is -2.10. The van der Waals surface area contributed by atoms with Crippen molar-refractivity contribution in [2.24, 2.45) is 0 Å². The molecular weight excluding hydrogens is 466 g/mol. The van der Waals surface area contributed by atoms with Gasteiger partial charge in [0.2, 0.25) is 5.91 Å². The van der Waals surface area contributed by atoms with Crippen molar-refractivity contribution >= 4 is 51.0 Å². The molecule has 0 aliphatic rings. The number of anilines is 1. The number of hydrogen-bond acceptors (Lipinski definition) is 6. The van der Waals surface area contributed by atoms with Gasteiger partial charge >= 0.3 is 0 Å². The molecule has 3 rings (SSSR count). The zero-order valence-corrected chi connectivity index (χ0v) is 18.1. The molecule has 1 N–H and O–H groups in total. The predicted octanol–water partition coefficient (Wildman–Crippen LogP) is 4.42. The minimum atomic E-state index is -0.167. The normalized spacial score (nSPS) is 10.7. The van der Waals surface area contributed by atoms with Crippen LogP contribution in [0, 0.1) is 0 Å². The maximum atomic E-state index is 12.1. The second-order valence-corrected chi connectivity index (χ2v) is 7.83. The molecule has 1 aromatic carbocycles. The predicted molar refractivity (Wildman–Crippen MR) is 113 cm³/mol. The van der Waals surface area contributed by atoms with Crippen molar-refractivity contribution in [3.8, 4) is 5.75 Å². The van der Waals surface area contributed by atoms with Gasteiger partial charge in [-0.3, -0.25) is 4.79 Å². The Labute approximate surface area is 180 Å². The van der Waals surface area contributed by atoms with Crippen molar-refractivity contribution in [2.45, 2.75) is 25.2 Å². The molecule has 10 heteroatoms. The number of thioether (sulfide) groups is 1. The molecule has 0 radical (unpaired) electrons. The smallest absolute Gasteiger partial charge is 0.236 e. The highest BCUT2D eigenvalue weighted by Gasteiger charge is 2.14. The number of nitrogens with zero attached hydrogens (tertiary/aromatic N) is 4. The van der Waals surface area contributed by atoms with Gasteiger partial charge in [-0.15, -0.1) is 10.2 Å². The van der Waals surface area contributed by atoms with Gasteiger partial charge in [-0.2, -0.15) is 0 Å². The number of benzene rings is 1. The molecule has 0 saturated heterocycles. The summed E-state index contributed by atoms with van der Waals surface area (Å²) in [7, 11) is 0. The standard InChI is InChI=1S/C18H17BrClN5O2S/c1-2-25-16(10-27-14-6-4-3-5-13(14)20)23-24-18(25)28-11-17(26)22-15-8-7-12(19)9-21-15/h3-9H,2,10-11H2,1H3,(H,21,22,26). The summed E-state index contributed by atoms with van der Waals surface area (Å²) in [6, 6.07) is 10.8. The summed E-state index contributed by atoms with van der Waals surface area (Å²) in [6.07, 6.45) is 1.63. The van der Waals surface area contributed by atoms with E-state index in [2.05, 4.69) is 36.4 Å². The van der Waals surface area contributed by atoms with Gasteiger partial charge < -0.3 is 14.6 Å². The minimum Gasteiger partial charge on any atom is -0.484 e. The number of aromatic nitrogens is 4. The van der Waals surface area contributed by atoms with E-state index in [1.807, 2.05) is 29.7 Å². The number of hydrogen-bond donors (Lipinski definition) is 1. The SMILES string of the molecule is CCn1c(COc2ccccc2Cl)nnc1SCC(=O)Nc1ccc(Br)cn1. The number of carbonyl (C=O) groups excluding carboxylic acids is 1. The summed E-state index contributed by atoms with van der Waals surface area (Å²) >= 11 is 10.7. The lowest BCUT2D eigenvalue weighted by Crippen LogP contribution is -2.15. The molecule has 0 aliphatic heterocycles. The molecule has 0 spiro atoms. The van der Waals surface area contributed by atoms with Crippen LogP contribution in [0.15, 0.2) is 52.2 Å². The van der Waals surface area contributed by atoms with Crippen LogP contribution >= 0.6 is 39.3 Å². The molecule has 1 amide bonds. The zero-order valence-electron chi connectivity index (χ0n) is 14.9. The van der Waals surface area contributed by atoms with Crippen LogP contribution in [-0.2, 0) is 17.9 Å². The molecule has 0 aliphatic carbocycles. The van der Waals surface area contributed by atoms with Crippen LogP contribution in [-0.4, -0.2) is 31.4 Å². The fourth-order valence-corrected chi connectivity index (χ4v) is 3.56. The van der Waals surface area contributed by atoms with E-state index in [0.717, 1.165) is 4.47 Å². The topological polar surface area (TPSA) is 81.9 Å². The lowest BCUT2D eigenvalue weighted by Gasteiger charge is -2.09. The van der Waals surface area contributed by atoms with Gasteiger partial charge in [-0.05, 0) is 47.1 Å². The van der Waals surface area contributed by atoms with E-state index < -0.39 is 0 Å². The van der Waals surface area contributed by atoms with E-state index in [9.17, 15) is 4.79 Å². The molecule has 2 heterocycles. The Morgan fingerprint density at radius 2 is 2.11 bits per heavy atom. The number of pyridine rings is 1. The summed E-state index contributed by atoms with van der Waals surface area (Å²) in [4.78, 5) is 16.3. The van der Waals surface area contributed by atoms with Gasteiger partial charge in [-0.25, -0.2) is 4.98 Å². The number of rotatable bonds is 8. The zero-order chi connectivity index (χ0) is 19.9. The maximum Gasteiger partial charge on any atom is 0.236 e. The fourth-order valence-electron chi connectivity index (χ4n) is 2.31. The second-order valence-electron chi connectivity index (χ2n) is 5.56. The number of amides is 1. The molecule has 3 aromatic rings. The van der Waals surface area contributed by atoms with E-state index >= 15 is 0 Å². The van der Waals surface area contributed by atoms with Crippen molar-refractivity contribution < 1.29 is 9.53 Å². The van der Waals surface area contributed by atoms with Gasteiger partial charge in [0.25, 0.3) is 0 Å². The number of ether oxygens (including phenoxy) is 1. The van der Waals surface area contributed by atoms with Crippen molar-refractivity contribution in [3.05, 3.63) is 57.9 Å². The third-order valence-corrected chi connectivity index (χ3v) is 5.38. The van der Waals surface area contributed by atoms with E-state index in [0.29, 0.717) is 34.1 Å². The van der Waals surface area contributed by atoms with Crippen LogP contribution in [0.5, 0.6) is 5.75 Å². The summed E-state index contributed by atoms with van der Waals surface area (Å²) in [5.74, 6) is 1.78. The average Bonchev–Trinajstić information content (AvgIpc) is 3.09. The lowest BCUT2D eigenvalue weighted by molar-refractivity contribution is -0.113.